The lowest BCUT2D eigenvalue weighted by Crippen LogP contribution is -2.50. The predicted molar refractivity (Wildman–Crippen MR) is 79.8 cm³/mol. The number of carbonyl (C=O) groups is 2. The second-order valence-corrected chi connectivity index (χ2v) is 5.96. The summed E-state index contributed by atoms with van der Waals surface area (Å²) in [7, 11) is 0. The fraction of sp³-hybridized carbons (Fsp3) is 0.867. The van der Waals surface area contributed by atoms with Crippen molar-refractivity contribution in [2.24, 2.45) is 5.92 Å². The number of carbonyl (C=O) groups excluding carboxylic acids is 2. The summed E-state index contributed by atoms with van der Waals surface area (Å²) in [5.74, 6) is 0.624. The highest BCUT2D eigenvalue weighted by atomic mass is 16.5. The Labute approximate surface area is 126 Å². The second-order valence-electron chi connectivity index (χ2n) is 5.96. The van der Waals surface area contributed by atoms with E-state index >= 15 is 0 Å². The van der Waals surface area contributed by atoms with Gasteiger partial charge in [0, 0.05) is 19.5 Å². The largest absolute Gasteiger partial charge is 0.378 e. The van der Waals surface area contributed by atoms with E-state index in [9.17, 15) is 9.59 Å². The summed E-state index contributed by atoms with van der Waals surface area (Å²) in [6.07, 6.45) is 3.74. The average molecular weight is 297 g/mol. The highest BCUT2D eigenvalue weighted by Crippen LogP contribution is 2.17. The standard InChI is InChI=1S/C15H27N3O3/c1-12(15(20)18-8-10-21-11-9-18)17-14(19)3-2-13-4-6-16-7-5-13/h12-13,16H,2-11H2,1H3,(H,17,19). The minimum atomic E-state index is -0.441. The van der Waals surface area contributed by atoms with Gasteiger partial charge in [0.2, 0.25) is 11.8 Å². The number of nitrogens with zero attached hydrogens (tertiary/aromatic N) is 1. The zero-order valence-corrected chi connectivity index (χ0v) is 12.9. The van der Waals surface area contributed by atoms with Crippen molar-refractivity contribution < 1.29 is 14.3 Å². The average Bonchev–Trinajstić information content (AvgIpc) is 2.54. The van der Waals surface area contributed by atoms with Gasteiger partial charge >= 0.3 is 0 Å². The van der Waals surface area contributed by atoms with E-state index in [0.29, 0.717) is 38.6 Å². The van der Waals surface area contributed by atoms with Crippen molar-refractivity contribution in [2.75, 3.05) is 39.4 Å². The fourth-order valence-electron chi connectivity index (χ4n) is 2.94. The van der Waals surface area contributed by atoms with Crippen molar-refractivity contribution in [3.63, 3.8) is 0 Å². The molecule has 2 saturated heterocycles. The van der Waals surface area contributed by atoms with Crippen LogP contribution in [0.5, 0.6) is 0 Å². The van der Waals surface area contributed by atoms with Crippen LogP contribution >= 0.6 is 0 Å². The van der Waals surface area contributed by atoms with Crippen molar-refractivity contribution >= 4 is 11.8 Å². The molecule has 2 N–H and O–H groups in total. The minimum Gasteiger partial charge on any atom is -0.378 e. The summed E-state index contributed by atoms with van der Waals surface area (Å²) in [6, 6.07) is -0.441. The van der Waals surface area contributed by atoms with Crippen LogP contribution in [0.1, 0.15) is 32.6 Å². The summed E-state index contributed by atoms with van der Waals surface area (Å²) in [4.78, 5) is 25.9. The van der Waals surface area contributed by atoms with Gasteiger partial charge < -0.3 is 20.3 Å². The third kappa shape index (κ3) is 5.28. The molecular formula is C15H27N3O3. The van der Waals surface area contributed by atoms with Gasteiger partial charge in [-0.3, -0.25) is 9.59 Å². The fourth-order valence-corrected chi connectivity index (χ4v) is 2.94. The highest BCUT2D eigenvalue weighted by molar-refractivity contribution is 5.87. The Morgan fingerprint density at radius 1 is 1.29 bits per heavy atom. The first-order valence-electron chi connectivity index (χ1n) is 8.03. The quantitative estimate of drug-likeness (QED) is 0.757. The lowest BCUT2D eigenvalue weighted by atomic mass is 9.93. The van der Waals surface area contributed by atoms with Crippen molar-refractivity contribution in [2.45, 2.75) is 38.6 Å². The first kappa shape index (κ1) is 16.2. The molecule has 6 nitrogen and oxygen atoms in total. The molecule has 0 aromatic heterocycles. The van der Waals surface area contributed by atoms with Crippen LogP contribution in [0.25, 0.3) is 0 Å². The predicted octanol–water partition coefficient (Wildman–Crippen LogP) is 0.130. The first-order chi connectivity index (χ1) is 10.2. The molecule has 0 saturated carbocycles. The lowest BCUT2D eigenvalue weighted by molar-refractivity contribution is -0.139. The number of nitrogens with one attached hydrogen (secondary N) is 2. The maximum atomic E-state index is 12.2. The Bertz CT molecular complexity index is 350. The van der Waals surface area contributed by atoms with E-state index in [1.807, 2.05) is 0 Å². The number of amides is 2. The van der Waals surface area contributed by atoms with Crippen LogP contribution in [0.15, 0.2) is 0 Å². The molecule has 21 heavy (non-hydrogen) atoms. The van der Waals surface area contributed by atoms with E-state index in [0.717, 1.165) is 32.4 Å². The van der Waals surface area contributed by atoms with Gasteiger partial charge in [-0.1, -0.05) is 0 Å². The Kier molecular flexibility index (Phi) is 6.45. The van der Waals surface area contributed by atoms with Gasteiger partial charge in [-0.2, -0.15) is 0 Å². The lowest BCUT2D eigenvalue weighted by Gasteiger charge is -2.29. The molecule has 2 amide bonds. The van der Waals surface area contributed by atoms with Crippen molar-refractivity contribution in [3.05, 3.63) is 0 Å². The molecule has 2 fully saturated rings. The summed E-state index contributed by atoms with van der Waals surface area (Å²) < 4.78 is 5.23. The third-order valence-corrected chi connectivity index (χ3v) is 4.31. The Morgan fingerprint density at radius 2 is 1.95 bits per heavy atom. The molecule has 2 heterocycles. The van der Waals surface area contributed by atoms with Crippen molar-refractivity contribution in [1.82, 2.24) is 15.5 Å². The Morgan fingerprint density at radius 3 is 2.62 bits per heavy atom. The van der Waals surface area contributed by atoms with E-state index in [2.05, 4.69) is 10.6 Å². The highest BCUT2D eigenvalue weighted by Gasteiger charge is 2.24. The second kappa shape index (κ2) is 8.34. The Balaban J connectivity index is 1.67. The number of hydrogen-bond donors (Lipinski definition) is 2. The van der Waals surface area contributed by atoms with Crippen molar-refractivity contribution in [3.8, 4) is 0 Å². The van der Waals surface area contributed by atoms with E-state index in [1.165, 1.54) is 0 Å². The molecule has 120 valence electrons. The number of morpholine rings is 1. The van der Waals surface area contributed by atoms with Crippen LogP contribution in [0.2, 0.25) is 0 Å². The summed E-state index contributed by atoms with van der Waals surface area (Å²) >= 11 is 0. The molecule has 0 bridgehead atoms. The number of ether oxygens (including phenoxy) is 1. The van der Waals surface area contributed by atoms with E-state index in [1.54, 1.807) is 11.8 Å². The van der Waals surface area contributed by atoms with Gasteiger partial charge in [-0.05, 0) is 45.2 Å². The zero-order valence-electron chi connectivity index (χ0n) is 12.9. The normalized spacial score (nSPS) is 21.9. The van der Waals surface area contributed by atoms with Crippen LogP contribution in [0, 0.1) is 5.92 Å². The molecular weight excluding hydrogens is 270 g/mol. The van der Waals surface area contributed by atoms with Gasteiger partial charge in [-0.15, -0.1) is 0 Å². The van der Waals surface area contributed by atoms with Crippen LogP contribution in [0.4, 0.5) is 0 Å². The zero-order chi connectivity index (χ0) is 15.1. The third-order valence-electron chi connectivity index (χ3n) is 4.31. The van der Waals surface area contributed by atoms with Crippen LogP contribution < -0.4 is 10.6 Å². The Hall–Kier alpha value is -1.14. The molecule has 0 aromatic carbocycles. The van der Waals surface area contributed by atoms with Crippen molar-refractivity contribution in [1.29, 1.82) is 0 Å². The molecule has 0 aliphatic carbocycles. The van der Waals surface area contributed by atoms with Crippen LogP contribution in [-0.2, 0) is 14.3 Å². The van der Waals surface area contributed by atoms with Crippen LogP contribution in [0.3, 0.4) is 0 Å². The molecule has 6 heteroatoms. The molecule has 0 aromatic rings. The van der Waals surface area contributed by atoms with E-state index in [-0.39, 0.29) is 11.8 Å². The van der Waals surface area contributed by atoms with Gasteiger partial charge in [0.05, 0.1) is 13.2 Å². The SMILES string of the molecule is CC(NC(=O)CCC1CCNCC1)C(=O)N1CCOCC1. The smallest absolute Gasteiger partial charge is 0.245 e. The maximum absolute atomic E-state index is 12.2. The minimum absolute atomic E-state index is 0.00600. The molecule has 0 radical (unpaired) electrons. The van der Waals surface area contributed by atoms with Crippen LogP contribution in [-0.4, -0.2) is 62.1 Å². The first-order valence-corrected chi connectivity index (χ1v) is 8.03. The van der Waals surface area contributed by atoms with E-state index in [4.69, 9.17) is 4.74 Å². The molecule has 2 rings (SSSR count). The maximum Gasteiger partial charge on any atom is 0.245 e. The number of rotatable bonds is 5. The molecule has 2 aliphatic heterocycles. The van der Waals surface area contributed by atoms with Gasteiger partial charge in [0.15, 0.2) is 0 Å². The molecule has 1 atom stereocenters. The monoisotopic (exact) mass is 297 g/mol. The van der Waals surface area contributed by atoms with Gasteiger partial charge in [0.25, 0.3) is 0 Å². The summed E-state index contributed by atoms with van der Waals surface area (Å²) in [5.41, 5.74) is 0. The molecule has 1 unspecified atom stereocenters. The molecule has 2 aliphatic rings. The molecule has 0 spiro atoms. The summed E-state index contributed by atoms with van der Waals surface area (Å²) in [6.45, 7) is 6.28. The topological polar surface area (TPSA) is 70.7 Å². The van der Waals surface area contributed by atoms with Gasteiger partial charge in [-0.25, -0.2) is 0 Å². The van der Waals surface area contributed by atoms with Gasteiger partial charge in [0.1, 0.15) is 6.04 Å². The summed E-state index contributed by atoms with van der Waals surface area (Å²) in [5, 5.41) is 6.15. The number of piperidine rings is 1. The number of hydrogen-bond acceptors (Lipinski definition) is 4. The van der Waals surface area contributed by atoms with E-state index < -0.39 is 6.04 Å².